The van der Waals surface area contributed by atoms with Crippen LogP contribution in [-0.4, -0.2) is 34.1 Å². The van der Waals surface area contributed by atoms with E-state index in [1.165, 1.54) is 0 Å². The molecule has 5 nitrogen and oxygen atoms in total. The lowest BCUT2D eigenvalue weighted by atomic mass is 10.3. The zero-order valence-electron chi connectivity index (χ0n) is 8.23. The Kier molecular flexibility index (Phi) is 2.03. The van der Waals surface area contributed by atoms with Gasteiger partial charge < -0.3 is 15.0 Å². The molecule has 0 aromatic carbocycles. The number of aromatic nitrogens is 3. The highest BCUT2D eigenvalue weighted by molar-refractivity contribution is 5.70. The number of fused-ring (bicyclic) bond motifs is 1. The first-order chi connectivity index (χ1) is 7.42. The lowest BCUT2D eigenvalue weighted by Gasteiger charge is -2.07. The van der Waals surface area contributed by atoms with Crippen LogP contribution >= 0.6 is 0 Å². The zero-order chi connectivity index (χ0) is 10.1. The second kappa shape index (κ2) is 3.51. The SMILES string of the molecule is c1cnc2nc(O[C@H]3CCNC3)[nH]c2c1. The molecule has 0 aliphatic carbocycles. The van der Waals surface area contributed by atoms with Crippen molar-refractivity contribution >= 4 is 11.2 Å². The fourth-order valence-corrected chi connectivity index (χ4v) is 1.77. The topological polar surface area (TPSA) is 62.8 Å². The lowest BCUT2D eigenvalue weighted by molar-refractivity contribution is 0.207. The van der Waals surface area contributed by atoms with Gasteiger partial charge in [0.25, 0.3) is 6.01 Å². The third-order valence-electron chi connectivity index (χ3n) is 2.53. The third-order valence-corrected chi connectivity index (χ3v) is 2.53. The van der Waals surface area contributed by atoms with Crippen molar-refractivity contribution in [1.29, 1.82) is 0 Å². The fraction of sp³-hybridized carbons (Fsp3) is 0.400. The molecule has 2 aromatic rings. The molecule has 1 saturated heterocycles. The number of nitrogens with one attached hydrogen (secondary N) is 2. The van der Waals surface area contributed by atoms with Gasteiger partial charge in [-0.1, -0.05) is 0 Å². The minimum absolute atomic E-state index is 0.227. The first-order valence-corrected chi connectivity index (χ1v) is 5.10. The second-order valence-corrected chi connectivity index (χ2v) is 3.65. The first kappa shape index (κ1) is 8.67. The van der Waals surface area contributed by atoms with Crippen molar-refractivity contribution < 1.29 is 4.74 Å². The summed E-state index contributed by atoms with van der Waals surface area (Å²) < 4.78 is 5.69. The third kappa shape index (κ3) is 1.66. The van der Waals surface area contributed by atoms with Crippen molar-refractivity contribution in [3.63, 3.8) is 0 Å². The van der Waals surface area contributed by atoms with Crippen LogP contribution in [0.25, 0.3) is 11.2 Å². The van der Waals surface area contributed by atoms with Crippen LogP contribution in [0.5, 0.6) is 6.01 Å². The van der Waals surface area contributed by atoms with Crippen molar-refractivity contribution in [1.82, 2.24) is 20.3 Å². The van der Waals surface area contributed by atoms with Gasteiger partial charge in [-0.2, -0.15) is 4.98 Å². The van der Waals surface area contributed by atoms with E-state index in [9.17, 15) is 0 Å². The van der Waals surface area contributed by atoms with Crippen LogP contribution in [0.4, 0.5) is 0 Å². The Morgan fingerprint density at radius 3 is 3.27 bits per heavy atom. The van der Waals surface area contributed by atoms with E-state index in [1.807, 2.05) is 12.1 Å². The van der Waals surface area contributed by atoms with E-state index in [0.717, 1.165) is 25.0 Å². The number of nitrogens with zero attached hydrogens (tertiary/aromatic N) is 2. The van der Waals surface area contributed by atoms with Gasteiger partial charge in [0.1, 0.15) is 6.10 Å². The summed E-state index contributed by atoms with van der Waals surface area (Å²) in [4.78, 5) is 11.5. The summed E-state index contributed by atoms with van der Waals surface area (Å²) in [6.07, 6.45) is 2.99. The monoisotopic (exact) mass is 204 g/mol. The molecule has 0 unspecified atom stereocenters. The molecular formula is C10H12N4O. The van der Waals surface area contributed by atoms with Crippen molar-refractivity contribution in [3.8, 4) is 6.01 Å². The summed E-state index contributed by atoms with van der Waals surface area (Å²) in [7, 11) is 0. The average Bonchev–Trinajstić information content (AvgIpc) is 2.86. The number of hydrogen-bond acceptors (Lipinski definition) is 4. The van der Waals surface area contributed by atoms with Crippen molar-refractivity contribution in [2.45, 2.75) is 12.5 Å². The smallest absolute Gasteiger partial charge is 0.296 e. The summed E-state index contributed by atoms with van der Waals surface area (Å²) in [6, 6.07) is 4.38. The summed E-state index contributed by atoms with van der Waals surface area (Å²) in [5.41, 5.74) is 1.62. The lowest BCUT2D eigenvalue weighted by Crippen LogP contribution is -2.20. The molecule has 1 atom stereocenters. The Balaban J connectivity index is 1.84. The zero-order valence-corrected chi connectivity index (χ0v) is 8.23. The van der Waals surface area contributed by atoms with Gasteiger partial charge in [0.15, 0.2) is 5.65 Å². The Hall–Kier alpha value is -1.62. The van der Waals surface area contributed by atoms with Gasteiger partial charge in [-0.3, -0.25) is 0 Å². The van der Waals surface area contributed by atoms with Crippen LogP contribution < -0.4 is 10.1 Å². The molecule has 3 heterocycles. The number of hydrogen-bond donors (Lipinski definition) is 2. The van der Waals surface area contributed by atoms with Crippen LogP contribution in [0.15, 0.2) is 18.3 Å². The Bertz CT molecular complexity index is 428. The Morgan fingerprint density at radius 2 is 2.47 bits per heavy atom. The van der Waals surface area contributed by atoms with Crippen molar-refractivity contribution in [2.24, 2.45) is 0 Å². The molecule has 2 aromatic heterocycles. The number of ether oxygens (including phenoxy) is 1. The summed E-state index contributed by atoms with van der Waals surface area (Å²) >= 11 is 0. The minimum Gasteiger partial charge on any atom is -0.460 e. The average molecular weight is 204 g/mol. The van der Waals surface area contributed by atoms with Gasteiger partial charge in [0, 0.05) is 12.7 Å². The highest BCUT2D eigenvalue weighted by Gasteiger charge is 2.17. The second-order valence-electron chi connectivity index (χ2n) is 3.65. The predicted octanol–water partition coefficient (Wildman–Crippen LogP) is 0.699. The highest BCUT2D eigenvalue weighted by atomic mass is 16.5. The standard InChI is InChI=1S/C10H12N4O/c1-2-8-9(12-4-1)14-10(13-8)15-7-3-5-11-6-7/h1-2,4,7,11H,3,5-6H2,(H,12,13,14)/t7-/m0/s1. The quantitative estimate of drug-likeness (QED) is 0.755. The summed E-state index contributed by atoms with van der Waals surface area (Å²) in [5, 5.41) is 3.24. The van der Waals surface area contributed by atoms with Crippen LogP contribution in [0.1, 0.15) is 6.42 Å². The van der Waals surface area contributed by atoms with Crippen LogP contribution in [0.2, 0.25) is 0 Å². The van der Waals surface area contributed by atoms with E-state index >= 15 is 0 Å². The maximum absolute atomic E-state index is 5.69. The van der Waals surface area contributed by atoms with E-state index < -0.39 is 0 Å². The molecule has 3 rings (SSSR count). The van der Waals surface area contributed by atoms with Gasteiger partial charge in [0.2, 0.25) is 0 Å². The fourth-order valence-electron chi connectivity index (χ4n) is 1.77. The molecule has 0 saturated carbocycles. The summed E-state index contributed by atoms with van der Waals surface area (Å²) in [6.45, 7) is 1.91. The van der Waals surface area contributed by atoms with E-state index in [-0.39, 0.29) is 6.10 Å². The Labute approximate surface area is 86.9 Å². The maximum Gasteiger partial charge on any atom is 0.296 e. The molecule has 0 radical (unpaired) electrons. The molecule has 2 N–H and O–H groups in total. The number of pyridine rings is 1. The predicted molar refractivity (Wildman–Crippen MR) is 55.8 cm³/mol. The normalized spacial score (nSPS) is 20.9. The van der Waals surface area contributed by atoms with Crippen LogP contribution in [-0.2, 0) is 0 Å². The molecule has 0 amide bonds. The molecule has 1 aliphatic rings. The molecule has 15 heavy (non-hydrogen) atoms. The molecular weight excluding hydrogens is 192 g/mol. The molecule has 78 valence electrons. The molecule has 0 spiro atoms. The van der Waals surface area contributed by atoms with E-state index in [2.05, 4.69) is 20.3 Å². The van der Waals surface area contributed by atoms with Gasteiger partial charge in [-0.15, -0.1) is 0 Å². The van der Waals surface area contributed by atoms with Crippen molar-refractivity contribution in [2.75, 3.05) is 13.1 Å². The number of imidazole rings is 1. The first-order valence-electron chi connectivity index (χ1n) is 5.10. The van der Waals surface area contributed by atoms with Crippen molar-refractivity contribution in [3.05, 3.63) is 18.3 Å². The number of H-pyrrole nitrogens is 1. The van der Waals surface area contributed by atoms with Gasteiger partial charge in [-0.05, 0) is 25.1 Å². The molecule has 0 bridgehead atoms. The molecule has 5 heteroatoms. The van der Waals surface area contributed by atoms with Gasteiger partial charge >= 0.3 is 0 Å². The number of aromatic amines is 1. The van der Waals surface area contributed by atoms with E-state index in [1.54, 1.807) is 6.20 Å². The maximum atomic E-state index is 5.69. The van der Waals surface area contributed by atoms with Crippen LogP contribution in [0.3, 0.4) is 0 Å². The van der Waals surface area contributed by atoms with Gasteiger partial charge in [0.05, 0.1) is 5.52 Å². The largest absolute Gasteiger partial charge is 0.460 e. The Morgan fingerprint density at radius 1 is 1.47 bits per heavy atom. The summed E-state index contributed by atoms with van der Waals surface area (Å²) in [5.74, 6) is 0. The minimum atomic E-state index is 0.227. The van der Waals surface area contributed by atoms with Gasteiger partial charge in [-0.25, -0.2) is 4.98 Å². The van der Waals surface area contributed by atoms with E-state index in [4.69, 9.17) is 4.74 Å². The molecule has 1 fully saturated rings. The highest BCUT2D eigenvalue weighted by Crippen LogP contribution is 2.15. The van der Waals surface area contributed by atoms with Crippen LogP contribution in [0, 0.1) is 0 Å². The molecule has 1 aliphatic heterocycles. The van der Waals surface area contributed by atoms with E-state index in [0.29, 0.717) is 11.7 Å². The number of rotatable bonds is 2.